The molecule has 3 aromatic rings. The van der Waals surface area contributed by atoms with Gasteiger partial charge in [0, 0.05) is 30.1 Å². The highest BCUT2D eigenvalue weighted by Crippen LogP contribution is 2.35. The summed E-state index contributed by atoms with van der Waals surface area (Å²) in [7, 11) is -3.92. The molecule has 3 aromatic carbocycles. The molecule has 1 aliphatic heterocycles. The summed E-state index contributed by atoms with van der Waals surface area (Å²) in [5.41, 5.74) is 1.73. The number of fused-ring (bicyclic) bond motifs is 1. The van der Waals surface area contributed by atoms with Crippen LogP contribution in [0.3, 0.4) is 0 Å². The van der Waals surface area contributed by atoms with Crippen molar-refractivity contribution < 1.29 is 27.5 Å². The van der Waals surface area contributed by atoms with Gasteiger partial charge in [-0.1, -0.05) is 67.1 Å². The summed E-state index contributed by atoms with van der Waals surface area (Å²) >= 11 is 6.50. The van der Waals surface area contributed by atoms with Crippen molar-refractivity contribution in [2.24, 2.45) is 0 Å². The Morgan fingerprint density at radius 3 is 2.31 bits per heavy atom. The molecule has 1 aliphatic rings. The third kappa shape index (κ3) is 7.95. The smallest absolute Gasteiger partial charge is 0.244 e. The number of ether oxygens (including phenoxy) is 2. The molecule has 0 bridgehead atoms. The zero-order valence-electron chi connectivity index (χ0n) is 24.0. The molecule has 1 N–H and O–H groups in total. The number of nitrogens with zero attached hydrogens (tertiary/aromatic N) is 2. The van der Waals surface area contributed by atoms with E-state index in [1.54, 1.807) is 36.4 Å². The van der Waals surface area contributed by atoms with Crippen LogP contribution in [0.25, 0.3) is 0 Å². The average Bonchev–Trinajstić information content (AvgIpc) is 2.98. The van der Waals surface area contributed by atoms with E-state index in [0.29, 0.717) is 41.7 Å². The van der Waals surface area contributed by atoms with Gasteiger partial charge in [-0.3, -0.25) is 13.9 Å². The Morgan fingerprint density at radius 1 is 0.976 bits per heavy atom. The summed E-state index contributed by atoms with van der Waals surface area (Å²) in [6.07, 6.45) is 1.96. The molecule has 1 heterocycles. The maximum atomic E-state index is 14.2. The van der Waals surface area contributed by atoms with Crippen LogP contribution in [0, 0.1) is 0 Å². The summed E-state index contributed by atoms with van der Waals surface area (Å²) in [4.78, 5) is 29.4. The van der Waals surface area contributed by atoms with Gasteiger partial charge in [-0.15, -0.1) is 0 Å². The van der Waals surface area contributed by atoms with Gasteiger partial charge in [0.1, 0.15) is 25.8 Å². The molecule has 42 heavy (non-hydrogen) atoms. The first-order valence-corrected chi connectivity index (χ1v) is 16.0. The molecule has 0 fully saturated rings. The lowest BCUT2D eigenvalue weighted by atomic mass is 10.0. The van der Waals surface area contributed by atoms with Gasteiger partial charge in [0.15, 0.2) is 11.5 Å². The summed E-state index contributed by atoms with van der Waals surface area (Å²) in [5.74, 6) is -0.00766. The number of rotatable bonds is 12. The Hall–Kier alpha value is -3.76. The van der Waals surface area contributed by atoms with Crippen molar-refractivity contribution in [3.05, 3.63) is 88.9 Å². The van der Waals surface area contributed by atoms with E-state index in [1.165, 1.54) is 11.0 Å². The van der Waals surface area contributed by atoms with Crippen molar-refractivity contribution in [3.8, 4) is 11.5 Å². The zero-order chi connectivity index (χ0) is 30.3. The molecule has 0 saturated heterocycles. The van der Waals surface area contributed by atoms with E-state index in [0.717, 1.165) is 16.1 Å². The molecule has 0 unspecified atom stereocenters. The minimum atomic E-state index is -3.92. The minimum Gasteiger partial charge on any atom is -0.486 e. The Kier molecular flexibility index (Phi) is 10.3. The van der Waals surface area contributed by atoms with E-state index in [1.807, 2.05) is 44.2 Å². The normalized spacial score (nSPS) is 14.0. The Morgan fingerprint density at radius 2 is 1.64 bits per heavy atom. The highest BCUT2D eigenvalue weighted by Gasteiger charge is 2.34. The van der Waals surface area contributed by atoms with Crippen LogP contribution in [-0.4, -0.2) is 63.2 Å². The molecule has 9 nitrogen and oxygen atoms in total. The van der Waals surface area contributed by atoms with Crippen LogP contribution in [-0.2, 0) is 32.6 Å². The van der Waals surface area contributed by atoms with Crippen molar-refractivity contribution in [2.75, 3.05) is 30.3 Å². The largest absolute Gasteiger partial charge is 0.486 e. The van der Waals surface area contributed by atoms with Gasteiger partial charge in [0.05, 0.1) is 11.9 Å². The standard InChI is InChI=1S/C31H36ClN3O6S/c1-4-22(2)33-31(37)27(18-23-10-6-5-7-11-23)34(20-24-12-8-9-13-26(24)32)30(36)21-35(42(3,38)39)25-14-15-28-29(19-25)41-17-16-40-28/h5-15,19,22,27H,4,16-18,20-21H2,1-3H3,(H,33,37)/t22-,27-/m1/s1. The van der Waals surface area contributed by atoms with Crippen LogP contribution < -0.4 is 19.1 Å². The van der Waals surface area contributed by atoms with Gasteiger partial charge in [-0.25, -0.2) is 8.42 Å². The second-order valence-electron chi connectivity index (χ2n) is 10.2. The molecule has 4 rings (SSSR count). The number of amides is 2. The lowest BCUT2D eigenvalue weighted by Gasteiger charge is -2.34. The van der Waals surface area contributed by atoms with Crippen molar-refractivity contribution >= 4 is 39.1 Å². The third-order valence-corrected chi connectivity index (χ3v) is 8.57. The molecule has 0 saturated carbocycles. The van der Waals surface area contributed by atoms with Gasteiger partial charge in [-0.05, 0) is 42.7 Å². The van der Waals surface area contributed by atoms with E-state index in [9.17, 15) is 18.0 Å². The number of nitrogens with one attached hydrogen (secondary N) is 1. The van der Waals surface area contributed by atoms with Crippen molar-refractivity contribution in [1.29, 1.82) is 0 Å². The van der Waals surface area contributed by atoms with Gasteiger partial charge >= 0.3 is 0 Å². The van der Waals surface area contributed by atoms with Crippen LogP contribution in [0.1, 0.15) is 31.4 Å². The van der Waals surface area contributed by atoms with E-state index in [-0.39, 0.29) is 30.6 Å². The fourth-order valence-corrected chi connectivity index (χ4v) is 5.64. The Labute approximate surface area is 252 Å². The van der Waals surface area contributed by atoms with Crippen LogP contribution in [0.15, 0.2) is 72.8 Å². The molecule has 224 valence electrons. The Balaban J connectivity index is 1.74. The van der Waals surface area contributed by atoms with E-state index >= 15 is 0 Å². The molecule has 0 spiro atoms. The van der Waals surface area contributed by atoms with Crippen molar-refractivity contribution in [1.82, 2.24) is 10.2 Å². The summed E-state index contributed by atoms with van der Waals surface area (Å²) < 4.78 is 38.3. The van der Waals surface area contributed by atoms with Gasteiger partial charge < -0.3 is 19.7 Å². The van der Waals surface area contributed by atoms with Crippen molar-refractivity contribution in [2.45, 2.75) is 45.3 Å². The molecule has 0 aromatic heterocycles. The van der Waals surface area contributed by atoms with E-state index in [2.05, 4.69) is 5.32 Å². The quantitative estimate of drug-likeness (QED) is 0.324. The lowest BCUT2D eigenvalue weighted by Crippen LogP contribution is -2.54. The van der Waals surface area contributed by atoms with Crippen molar-refractivity contribution in [3.63, 3.8) is 0 Å². The fourth-order valence-electron chi connectivity index (χ4n) is 4.61. The van der Waals surface area contributed by atoms with Crippen LogP contribution >= 0.6 is 11.6 Å². The van der Waals surface area contributed by atoms with Crippen LogP contribution in [0.4, 0.5) is 5.69 Å². The number of carbonyl (C=O) groups is 2. The lowest BCUT2D eigenvalue weighted by molar-refractivity contribution is -0.140. The number of carbonyl (C=O) groups excluding carboxylic acids is 2. The molecule has 2 amide bonds. The highest BCUT2D eigenvalue weighted by molar-refractivity contribution is 7.92. The molecular formula is C31H36ClN3O6S. The van der Waals surface area contributed by atoms with Crippen LogP contribution in [0.2, 0.25) is 5.02 Å². The maximum absolute atomic E-state index is 14.2. The van der Waals surface area contributed by atoms with E-state index < -0.39 is 28.5 Å². The number of anilines is 1. The van der Waals surface area contributed by atoms with Gasteiger partial charge in [0.2, 0.25) is 21.8 Å². The SMILES string of the molecule is CC[C@@H](C)NC(=O)[C@@H](Cc1ccccc1)N(Cc1ccccc1Cl)C(=O)CN(c1ccc2c(c1)OCCO2)S(C)(=O)=O. The maximum Gasteiger partial charge on any atom is 0.244 e. The number of hydrogen-bond acceptors (Lipinski definition) is 6. The summed E-state index contributed by atoms with van der Waals surface area (Å²) in [6, 6.07) is 20.1. The van der Waals surface area contributed by atoms with Gasteiger partial charge in [0.25, 0.3) is 0 Å². The molecule has 11 heteroatoms. The monoisotopic (exact) mass is 613 g/mol. The number of hydrogen-bond donors (Lipinski definition) is 1. The topological polar surface area (TPSA) is 105 Å². The number of halogens is 1. The molecule has 0 aliphatic carbocycles. The number of benzene rings is 3. The molecule has 0 radical (unpaired) electrons. The highest BCUT2D eigenvalue weighted by atomic mass is 35.5. The second kappa shape index (κ2) is 13.9. The first kappa shape index (κ1) is 31.2. The predicted molar refractivity (Wildman–Crippen MR) is 163 cm³/mol. The molecule has 2 atom stereocenters. The summed E-state index contributed by atoms with van der Waals surface area (Å²) in [6.45, 7) is 4.03. The third-order valence-electron chi connectivity index (χ3n) is 7.06. The van der Waals surface area contributed by atoms with Gasteiger partial charge in [-0.2, -0.15) is 0 Å². The summed E-state index contributed by atoms with van der Waals surface area (Å²) in [5, 5.41) is 3.44. The van der Waals surface area contributed by atoms with E-state index in [4.69, 9.17) is 21.1 Å². The number of sulfonamides is 1. The predicted octanol–water partition coefficient (Wildman–Crippen LogP) is 4.43. The Bertz CT molecular complexity index is 1500. The first-order valence-electron chi connectivity index (χ1n) is 13.8. The average molecular weight is 614 g/mol. The molecular weight excluding hydrogens is 578 g/mol. The minimum absolute atomic E-state index is 0.00265. The fraction of sp³-hybridized carbons (Fsp3) is 0.355. The first-order chi connectivity index (χ1) is 20.1. The second-order valence-corrected chi connectivity index (χ2v) is 12.5. The zero-order valence-corrected chi connectivity index (χ0v) is 25.5. The van der Waals surface area contributed by atoms with Crippen LogP contribution in [0.5, 0.6) is 11.5 Å².